The van der Waals surface area contributed by atoms with Crippen molar-refractivity contribution in [1.82, 2.24) is 5.32 Å². The highest BCUT2D eigenvalue weighted by atomic mass is 16.5. The fraction of sp³-hybridized carbons (Fsp3) is 0.222. The fourth-order valence-corrected chi connectivity index (χ4v) is 4.00. The summed E-state index contributed by atoms with van der Waals surface area (Å²) in [5.74, 6) is -0.501. The molecule has 7 heteroatoms. The zero-order chi connectivity index (χ0) is 24.1. The van der Waals surface area contributed by atoms with Crippen LogP contribution in [0.2, 0.25) is 0 Å². The molecule has 0 aliphatic carbocycles. The molecular formula is C27H27N3O4. The first-order valence-electron chi connectivity index (χ1n) is 11.1. The summed E-state index contributed by atoms with van der Waals surface area (Å²) in [5.41, 5.74) is 3.64. The molecule has 1 aliphatic rings. The minimum absolute atomic E-state index is 0.111. The van der Waals surface area contributed by atoms with Crippen molar-refractivity contribution in [2.45, 2.75) is 19.9 Å². The lowest BCUT2D eigenvalue weighted by molar-refractivity contribution is -0.122. The molecule has 4 rings (SSSR count). The molecule has 1 aliphatic heterocycles. The van der Waals surface area contributed by atoms with Crippen molar-refractivity contribution in [3.8, 4) is 5.75 Å². The number of benzene rings is 3. The Morgan fingerprint density at radius 1 is 1.00 bits per heavy atom. The van der Waals surface area contributed by atoms with Crippen molar-refractivity contribution in [3.05, 3.63) is 89.5 Å². The molecule has 174 valence electrons. The van der Waals surface area contributed by atoms with Crippen LogP contribution in [0, 0.1) is 12.8 Å². The van der Waals surface area contributed by atoms with Crippen LogP contribution in [0.25, 0.3) is 0 Å². The number of anilines is 2. The minimum atomic E-state index is -0.516. The molecule has 2 N–H and O–H groups in total. The number of hydrogen-bond acceptors (Lipinski definition) is 4. The molecular weight excluding hydrogens is 430 g/mol. The van der Waals surface area contributed by atoms with Crippen LogP contribution in [0.15, 0.2) is 72.8 Å². The Hall–Kier alpha value is -4.13. The number of amides is 3. The highest BCUT2D eigenvalue weighted by Crippen LogP contribution is 2.28. The van der Waals surface area contributed by atoms with Crippen molar-refractivity contribution in [2.24, 2.45) is 5.92 Å². The van der Waals surface area contributed by atoms with E-state index in [1.165, 1.54) is 0 Å². The van der Waals surface area contributed by atoms with Gasteiger partial charge in [-0.1, -0.05) is 36.4 Å². The quantitative estimate of drug-likeness (QED) is 0.563. The Labute approximate surface area is 198 Å². The fourth-order valence-electron chi connectivity index (χ4n) is 4.00. The van der Waals surface area contributed by atoms with E-state index in [9.17, 15) is 14.4 Å². The van der Waals surface area contributed by atoms with Crippen LogP contribution in [0.4, 0.5) is 11.4 Å². The molecule has 1 saturated heterocycles. The Morgan fingerprint density at radius 2 is 1.71 bits per heavy atom. The first-order chi connectivity index (χ1) is 16.5. The second kappa shape index (κ2) is 10.2. The van der Waals surface area contributed by atoms with Gasteiger partial charge in [0.1, 0.15) is 5.75 Å². The van der Waals surface area contributed by atoms with Crippen LogP contribution in [0.3, 0.4) is 0 Å². The molecule has 7 nitrogen and oxygen atoms in total. The summed E-state index contributed by atoms with van der Waals surface area (Å²) in [5, 5.41) is 5.78. The van der Waals surface area contributed by atoms with Crippen molar-refractivity contribution in [2.75, 3.05) is 23.9 Å². The van der Waals surface area contributed by atoms with E-state index in [-0.39, 0.29) is 30.7 Å². The summed E-state index contributed by atoms with van der Waals surface area (Å²) in [6.07, 6.45) is 0.111. The lowest BCUT2D eigenvalue weighted by Gasteiger charge is -2.17. The maximum Gasteiger partial charge on any atom is 0.253 e. The number of methoxy groups -OCH3 is 1. The Kier molecular flexibility index (Phi) is 6.92. The van der Waals surface area contributed by atoms with Gasteiger partial charge in [-0.3, -0.25) is 14.4 Å². The van der Waals surface area contributed by atoms with E-state index < -0.39 is 5.92 Å². The monoisotopic (exact) mass is 457 g/mol. The van der Waals surface area contributed by atoms with Gasteiger partial charge in [0.05, 0.1) is 24.3 Å². The third kappa shape index (κ3) is 5.09. The molecule has 1 atom stereocenters. The Bertz CT molecular complexity index is 1210. The number of ether oxygens (including phenoxy) is 1. The van der Waals surface area contributed by atoms with E-state index in [1.807, 2.05) is 31.2 Å². The van der Waals surface area contributed by atoms with Crippen LogP contribution >= 0.6 is 0 Å². The second-order valence-corrected chi connectivity index (χ2v) is 8.25. The summed E-state index contributed by atoms with van der Waals surface area (Å²) in [7, 11) is 1.58. The zero-order valence-electron chi connectivity index (χ0n) is 19.2. The van der Waals surface area contributed by atoms with Gasteiger partial charge in [0.25, 0.3) is 5.91 Å². The highest BCUT2D eigenvalue weighted by molar-refractivity contribution is 6.07. The van der Waals surface area contributed by atoms with E-state index in [0.29, 0.717) is 23.5 Å². The molecule has 0 radical (unpaired) electrons. The summed E-state index contributed by atoms with van der Waals surface area (Å²) >= 11 is 0. The number of hydrogen-bond donors (Lipinski definition) is 2. The van der Waals surface area contributed by atoms with Gasteiger partial charge in [0.2, 0.25) is 11.8 Å². The SMILES string of the molecule is COc1ccc(N2C[C@H](C(=O)Nc3ccccc3C(=O)NCc3ccccc3C)CC2=O)cc1. The first kappa shape index (κ1) is 23.0. The number of rotatable bonds is 7. The molecule has 0 bridgehead atoms. The van der Waals surface area contributed by atoms with Gasteiger partial charge in [0, 0.05) is 25.2 Å². The number of nitrogens with one attached hydrogen (secondary N) is 2. The third-order valence-electron chi connectivity index (χ3n) is 6.01. The van der Waals surface area contributed by atoms with Gasteiger partial charge in [-0.05, 0) is 54.4 Å². The average molecular weight is 458 g/mol. The summed E-state index contributed by atoms with van der Waals surface area (Å²) in [4.78, 5) is 40.0. The van der Waals surface area contributed by atoms with E-state index >= 15 is 0 Å². The molecule has 34 heavy (non-hydrogen) atoms. The molecule has 1 fully saturated rings. The first-order valence-corrected chi connectivity index (χ1v) is 11.1. The van der Waals surface area contributed by atoms with Crippen molar-refractivity contribution in [1.29, 1.82) is 0 Å². The van der Waals surface area contributed by atoms with E-state index in [2.05, 4.69) is 10.6 Å². The second-order valence-electron chi connectivity index (χ2n) is 8.25. The van der Waals surface area contributed by atoms with Crippen molar-refractivity contribution in [3.63, 3.8) is 0 Å². The molecule has 0 spiro atoms. The number of carbonyl (C=O) groups excluding carboxylic acids is 3. The van der Waals surface area contributed by atoms with Gasteiger partial charge >= 0.3 is 0 Å². The van der Waals surface area contributed by atoms with Gasteiger partial charge in [-0.2, -0.15) is 0 Å². The lowest BCUT2D eigenvalue weighted by atomic mass is 10.1. The van der Waals surface area contributed by atoms with Gasteiger partial charge in [-0.15, -0.1) is 0 Å². The third-order valence-corrected chi connectivity index (χ3v) is 6.01. The predicted octanol–water partition coefficient (Wildman–Crippen LogP) is 3.93. The molecule has 0 unspecified atom stereocenters. The summed E-state index contributed by atoms with van der Waals surface area (Å²) in [6, 6.07) is 21.9. The highest BCUT2D eigenvalue weighted by Gasteiger charge is 2.35. The molecule has 0 aromatic heterocycles. The smallest absolute Gasteiger partial charge is 0.253 e. The average Bonchev–Trinajstić information content (AvgIpc) is 3.25. The van der Waals surface area contributed by atoms with Gasteiger partial charge in [-0.25, -0.2) is 0 Å². The van der Waals surface area contributed by atoms with Crippen LogP contribution in [0.1, 0.15) is 27.9 Å². The van der Waals surface area contributed by atoms with E-state index in [0.717, 1.165) is 16.8 Å². The Morgan fingerprint density at radius 3 is 2.44 bits per heavy atom. The standard InChI is InChI=1S/C27H27N3O4/c1-18-7-3-4-8-19(18)16-28-27(33)23-9-5-6-10-24(23)29-26(32)20-15-25(31)30(17-20)21-11-13-22(34-2)14-12-21/h3-14,20H,15-17H2,1-2H3,(H,28,33)(H,29,32)/t20-/m1/s1. The van der Waals surface area contributed by atoms with Crippen LogP contribution in [-0.2, 0) is 16.1 Å². The van der Waals surface area contributed by atoms with Crippen LogP contribution < -0.4 is 20.3 Å². The predicted molar refractivity (Wildman–Crippen MR) is 131 cm³/mol. The zero-order valence-corrected chi connectivity index (χ0v) is 19.2. The molecule has 3 aromatic rings. The number of aryl methyl sites for hydroxylation is 1. The summed E-state index contributed by atoms with van der Waals surface area (Å²) < 4.78 is 5.16. The summed E-state index contributed by atoms with van der Waals surface area (Å²) in [6.45, 7) is 2.66. The van der Waals surface area contributed by atoms with E-state index in [1.54, 1.807) is 60.5 Å². The number of para-hydroxylation sites is 1. The van der Waals surface area contributed by atoms with Gasteiger partial charge in [0.15, 0.2) is 0 Å². The van der Waals surface area contributed by atoms with Crippen LogP contribution in [-0.4, -0.2) is 31.4 Å². The number of nitrogens with zero attached hydrogens (tertiary/aromatic N) is 1. The molecule has 3 aromatic carbocycles. The lowest BCUT2D eigenvalue weighted by Crippen LogP contribution is -2.29. The van der Waals surface area contributed by atoms with Crippen molar-refractivity contribution < 1.29 is 19.1 Å². The number of carbonyl (C=O) groups is 3. The molecule has 3 amide bonds. The van der Waals surface area contributed by atoms with Crippen molar-refractivity contribution >= 4 is 29.1 Å². The largest absolute Gasteiger partial charge is 0.497 e. The molecule has 0 saturated carbocycles. The maximum absolute atomic E-state index is 13.0. The topological polar surface area (TPSA) is 87.7 Å². The van der Waals surface area contributed by atoms with E-state index in [4.69, 9.17) is 4.74 Å². The van der Waals surface area contributed by atoms with Crippen LogP contribution in [0.5, 0.6) is 5.75 Å². The maximum atomic E-state index is 13.0. The molecule has 1 heterocycles. The normalized spacial score (nSPS) is 15.2. The van der Waals surface area contributed by atoms with Gasteiger partial charge < -0.3 is 20.3 Å². The minimum Gasteiger partial charge on any atom is -0.497 e. The Balaban J connectivity index is 1.42.